The Hall–Kier alpha value is -2.14. The molecule has 4 unspecified atom stereocenters. The van der Waals surface area contributed by atoms with Gasteiger partial charge in [0.05, 0.1) is 16.3 Å². The number of rotatable bonds is 4. The van der Waals surface area contributed by atoms with Crippen molar-refractivity contribution in [2.24, 2.45) is 17.8 Å². The van der Waals surface area contributed by atoms with Gasteiger partial charge in [-0.3, -0.25) is 4.79 Å². The molecule has 0 spiro atoms. The van der Waals surface area contributed by atoms with Gasteiger partial charge >= 0.3 is 0 Å². The van der Waals surface area contributed by atoms with Crippen molar-refractivity contribution in [1.82, 2.24) is 15.1 Å². The van der Waals surface area contributed by atoms with Crippen LogP contribution in [0.15, 0.2) is 36.4 Å². The van der Waals surface area contributed by atoms with E-state index in [1.54, 1.807) is 0 Å². The maximum absolute atomic E-state index is 12.9. The summed E-state index contributed by atoms with van der Waals surface area (Å²) >= 11 is 1.54. The van der Waals surface area contributed by atoms with Crippen molar-refractivity contribution >= 4 is 27.5 Å². The molecule has 0 aliphatic heterocycles. The minimum absolute atomic E-state index is 0.0606. The molecule has 27 heavy (non-hydrogen) atoms. The zero-order chi connectivity index (χ0) is 18.5. The van der Waals surface area contributed by atoms with E-state index in [4.69, 9.17) is 0 Å². The Morgan fingerprint density at radius 3 is 2.78 bits per heavy atom. The smallest absolute Gasteiger partial charge is 0.261 e. The molecule has 0 saturated heterocycles. The van der Waals surface area contributed by atoms with Gasteiger partial charge in [0.15, 0.2) is 0 Å². The molecule has 4 atom stereocenters. The highest BCUT2D eigenvalue weighted by atomic mass is 32.1. The summed E-state index contributed by atoms with van der Waals surface area (Å²) in [7, 11) is 0. The molecule has 2 bridgehead atoms. The summed E-state index contributed by atoms with van der Waals surface area (Å²) in [5.74, 6) is 2.44. The van der Waals surface area contributed by atoms with Crippen molar-refractivity contribution < 1.29 is 4.79 Å². The lowest BCUT2D eigenvalue weighted by Gasteiger charge is -2.28. The summed E-state index contributed by atoms with van der Waals surface area (Å²) in [6.07, 6.45) is 5.42. The molecule has 2 aliphatic carbocycles. The highest BCUT2D eigenvalue weighted by Gasteiger charge is 2.42. The van der Waals surface area contributed by atoms with E-state index >= 15 is 0 Å². The Labute approximate surface area is 163 Å². The largest absolute Gasteiger partial charge is 0.349 e. The van der Waals surface area contributed by atoms with E-state index in [2.05, 4.69) is 17.3 Å². The number of aryl methyl sites for hydroxylation is 1. The van der Waals surface area contributed by atoms with Gasteiger partial charge in [0.25, 0.3) is 5.91 Å². The second-order valence-electron chi connectivity index (χ2n) is 8.26. The number of carbonyl (C=O) groups excluding carboxylic acids is 1. The van der Waals surface area contributed by atoms with Crippen LogP contribution in [0.25, 0.3) is 15.9 Å². The lowest BCUT2D eigenvalue weighted by molar-refractivity contribution is 0.0919. The zero-order valence-corrected chi connectivity index (χ0v) is 16.6. The van der Waals surface area contributed by atoms with Gasteiger partial charge in [-0.05, 0) is 69.1 Å². The monoisotopic (exact) mass is 379 g/mol. The van der Waals surface area contributed by atoms with E-state index in [9.17, 15) is 4.79 Å². The molecule has 2 saturated carbocycles. The van der Waals surface area contributed by atoms with E-state index in [1.807, 2.05) is 48.0 Å². The standard InChI is InChI=1S/C22H25N3OS/c1-13(18-11-15-8-9-16(18)10-15)23-21(26)20-12-19-14(2)24-25(22(19)27-20)17-6-4-3-5-7-17/h3-7,12-13,15-16,18H,8-11H2,1-2H3,(H,23,26). The van der Waals surface area contributed by atoms with Gasteiger partial charge in [0, 0.05) is 11.4 Å². The van der Waals surface area contributed by atoms with Crippen LogP contribution < -0.4 is 5.32 Å². The Balaban J connectivity index is 1.39. The second kappa shape index (κ2) is 6.48. The lowest BCUT2D eigenvalue weighted by atomic mass is 9.84. The molecule has 4 nitrogen and oxygen atoms in total. The number of hydrogen-bond acceptors (Lipinski definition) is 3. The van der Waals surface area contributed by atoms with Gasteiger partial charge < -0.3 is 5.32 Å². The van der Waals surface area contributed by atoms with Crippen LogP contribution in [-0.4, -0.2) is 21.7 Å². The summed E-state index contributed by atoms with van der Waals surface area (Å²) in [6, 6.07) is 12.4. The number of aromatic nitrogens is 2. The van der Waals surface area contributed by atoms with Crippen LogP contribution in [0.2, 0.25) is 0 Å². The molecule has 2 aliphatic rings. The Morgan fingerprint density at radius 2 is 2.07 bits per heavy atom. The Kier molecular flexibility index (Phi) is 4.08. The predicted octanol–water partition coefficient (Wildman–Crippen LogP) is 4.95. The third kappa shape index (κ3) is 2.89. The first-order chi connectivity index (χ1) is 13.1. The van der Waals surface area contributed by atoms with Crippen LogP contribution in [0.5, 0.6) is 0 Å². The molecule has 1 N–H and O–H groups in total. The summed E-state index contributed by atoms with van der Waals surface area (Å²) in [5, 5.41) is 9.03. The number of hydrogen-bond donors (Lipinski definition) is 1. The first-order valence-electron chi connectivity index (χ1n) is 9.95. The van der Waals surface area contributed by atoms with Gasteiger partial charge in [0.1, 0.15) is 4.83 Å². The average molecular weight is 380 g/mol. The summed E-state index contributed by atoms with van der Waals surface area (Å²) in [6.45, 7) is 4.20. The minimum atomic E-state index is 0.0606. The second-order valence-corrected chi connectivity index (χ2v) is 9.29. The summed E-state index contributed by atoms with van der Waals surface area (Å²) in [4.78, 5) is 14.7. The Morgan fingerprint density at radius 1 is 1.26 bits per heavy atom. The minimum Gasteiger partial charge on any atom is -0.349 e. The van der Waals surface area contributed by atoms with Crippen molar-refractivity contribution in [3.63, 3.8) is 0 Å². The molecule has 2 aromatic heterocycles. The number of nitrogens with zero attached hydrogens (tertiary/aromatic N) is 2. The molecule has 2 fully saturated rings. The van der Waals surface area contributed by atoms with Gasteiger partial charge in [-0.15, -0.1) is 11.3 Å². The fraction of sp³-hybridized carbons (Fsp3) is 0.455. The van der Waals surface area contributed by atoms with Gasteiger partial charge in [0.2, 0.25) is 0 Å². The zero-order valence-electron chi connectivity index (χ0n) is 15.8. The predicted molar refractivity (Wildman–Crippen MR) is 110 cm³/mol. The van der Waals surface area contributed by atoms with E-state index in [-0.39, 0.29) is 11.9 Å². The SMILES string of the molecule is Cc1nn(-c2ccccc2)c2sc(C(=O)NC(C)C3CC4CCC3C4)cc12. The van der Waals surface area contributed by atoms with Gasteiger partial charge in [-0.25, -0.2) is 4.68 Å². The van der Waals surface area contributed by atoms with Crippen LogP contribution in [0.4, 0.5) is 0 Å². The first-order valence-corrected chi connectivity index (χ1v) is 10.8. The van der Waals surface area contributed by atoms with Gasteiger partial charge in [-0.1, -0.05) is 24.6 Å². The number of amides is 1. The van der Waals surface area contributed by atoms with Gasteiger partial charge in [-0.2, -0.15) is 5.10 Å². The highest BCUT2D eigenvalue weighted by Crippen LogP contribution is 2.49. The maximum Gasteiger partial charge on any atom is 0.261 e. The normalized spacial score (nSPS) is 25.2. The number of benzene rings is 1. The molecular weight excluding hydrogens is 354 g/mol. The van der Waals surface area contributed by atoms with Crippen LogP contribution in [-0.2, 0) is 0 Å². The molecule has 5 heteroatoms. The van der Waals surface area contributed by atoms with Crippen LogP contribution in [0.1, 0.15) is 48.0 Å². The molecular formula is C22H25N3OS. The fourth-order valence-electron chi connectivity index (χ4n) is 5.19. The van der Waals surface area contributed by atoms with Crippen LogP contribution >= 0.6 is 11.3 Å². The molecule has 1 amide bonds. The number of para-hydroxylation sites is 1. The van der Waals surface area contributed by atoms with Crippen molar-refractivity contribution in [2.45, 2.75) is 45.6 Å². The third-order valence-corrected chi connectivity index (χ3v) is 7.67. The quantitative estimate of drug-likeness (QED) is 0.697. The van der Waals surface area contributed by atoms with E-state index < -0.39 is 0 Å². The van der Waals surface area contributed by atoms with E-state index in [1.165, 1.54) is 37.0 Å². The van der Waals surface area contributed by atoms with Crippen molar-refractivity contribution in [3.05, 3.63) is 47.0 Å². The molecule has 3 aromatic rings. The number of thiophene rings is 1. The molecule has 0 radical (unpaired) electrons. The van der Waals surface area contributed by atoms with E-state index in [0.29, 0.717) is 5.92 Å². The topological polar surface area (TPSA) is 46.9 Å². The fourth-order valence-corrected chi connectivity index (χ4v) is 6.28. The number of nitrogens with one attached hydrogen (secondary N) is 1. The summed E-state index contributed by atoms with van der Waals surface area (Å²) in [5.41, 5.74) is 1.99. The van der Waals surface area contributed by atoms with Crippen LogP contribution in [0.3, 0.4) is 0 Å². The third-order valence-electron chi connectivity index (χ3n) is 6.56. The first kappa shape index (κ1) is 17.0. The number of carbonyl (C=O) groups is 1. The molecule has 5 rings (SSSR count). The number of fused-ring (bicyclic) bond motifs is 3. The van der Waals surface area contributed by atoms with Crippen molar-refractivity contribution in [1.29, 1.82) is 0 Å². The molecule has 1 aromatic carbocycles. The van der Waals surface area contributed by atoms with Crippen LogP contribution in [0, 0.1) is 24.7 Å². The molecule has 140 valence electrons. The Bertz CT molecular complexity index is 990. The average Bonchev–Trinajstić information content (AvgIpc) is 3.44. The van der Waals surface area contributed by atoms with Crippen molar-refractivity contribution in [3.8, 4) is 5.69 Å². The highest BCUT2D eigenvalue weighted by molar-refractivity contribution is 7.20. The molecule has 2 heterocycles. The maximum atomic E-state index is 12.9. The van der Waals surface area contributed by atoms with E-state index in [0.717, 1.165) is 38.3 Å². The lowest BCUT2D eigenvalue weighted by Crippen LogP contribution is -2.39. The summed E-state index contributed by atoms with van der Waals surface area (Å²) < 4.78 is 1.95. The van der Waals surface area contributed by atoms with Crippen molar-refractivity contribution in [2.75, 3.05) is 0 Å².